The minimum absolute atomic E-state index is 0.0157. The number of anilines is 1. The van der Waals surface area contributed by atoms with Crippen LogP contribution in [0.1, 0.15) is 21.6 Å². The maximum atomic E-state index is 12.2. The minimum Gasteiger partial charge on any atom is -0.320 e. The molecule has 1 heterocycles. The molecule has 110 valence electrons. The van der Waals surface area contributed by atoms with Gasteiger partial charge >= 0.3 is 0 Å². The molecule has 0 aliphatic heterocycles. The monoisotopic (exact) mass is 305 g/mol. The molecule has 1 aromatic carbocycles. The number of aromatic nitrogens is 1. The highest BCUT2D eigenvalue weighted by atomic mass is 32.2. The number of amides is 1. The van der Waals surface area contributed by atoms with Gasteiger partial charge in [0.25, 0.3) is 5.91 Å². The Kier molecular flexibility index (Phi) is 4.06. The molecule has 0 fully saturated rings. The summed E-state index contributed by atoms with van der Waals surface area (Å²) in [6.45, 7) is 3.36. The number of pyridine rings is 1. The van der Waals surface area contributed by atoms with Gasteiger partial charge in [0.2, 0.25) is 10.0 Å². The van der Waals surface area contributed by atoms with Gasteiger partial charge in [0, 0.05) is 11.9 Å². The predicted octanol–water partition coefficient (Wildman–Crippen LogP) is 1.60. The van der Waals surface area contributed by atoms with Crippen LogP contribution in [0.4, 0.5) is 5.69 Å². The zero-order chi connectivity index (χ0) is 15.6. The second-order valence-corrected chi connectivity index (χ2v) is 6.13. The second kappa shape index (κ2) is 5.63. The van der Waals surface area contributed by atoms with Crippen LogP contribution < -0.4 is 10.5 Å². The van der Waals surface area contributed by atoms with Crippen molar-refractivity contribution >= 4 is 21.6 Å². The van der Waals surface area contributed by atoms with Crippen LogP contribution in [0.5, 0.6) is 0 Å². The van der Waals surface area contributed by atoms with Gasteiger partial charge in [-0.15, -0.1) is 0 Å². The quantitative estimate of drug-likeness (QED) is 0.899. The molecule has 0 aliphatic carbocycles. The third kappa shape index (κ3) is 3.26. The first kappa shape index (κ1) is 15.1. The van der Waals surface area contributed by atoms with E-state index in [-0.39, 0.29) is 10.6 Å². The summed E-state index contributed by atoms with van der Waals surface area (Å²) < 4.78 is 22.9. The van der Waals surface area contributed by atoms with E-state index < -0.39 is 15.9 Å². The Labute approximate surface area is 123 Å². The molecule has 6 nitrogen and oxygen atoms in total. The molecular weight excluding hydrogens is 290 g/mol. The topological polar surface area (TPSA) is 102 Å². The number of sulfonamides is 1. The summed E-state index contributed by atoms with van der Waals surface area (Å²) in [4.78, 5) is 16.2. The zero-order valence-electron chi connectivity index (χ0n) is 11.6. The van der Waals surface area contributed by atoms with E-state index in [1.807, 2.05) is 0 Å². The van der Waals surface area contributed by atoms with Crippen molar-refractivity contribution in [3.05, 3.63) is 53.3 Å². The molecule has 2 aromatic rings. The van der Waals surface area contributed by atoms with E-state index in [1.54, 1.807) is 32.0 Å². The lowest BCUT2D eigenvalue weighted by atomic mass is 10.1. The number of carbonyl (C=O) groups excluding carboxylic acids is 1. The third-order valence-electron chi connectivity index (χ3n) is 3.06. The largest absolute Gasteiger partial charge is 0.320 e. The number of nitrogens with two attached hydrogens (primary N) is 1. The molecule has 0 bridgehead atoms. The average molecular weight is 305 g/mol. The summed E-state index contributed by atoms with van der Waals surface area (Å²) in [5.41, 5.74) is 1.80. The van der Waals surface area contributed by atoms with E-state index >= 15 is 0 Å². The third-order valence-corrected chi connectivity index (χ3v) is 4.12. The lowest BCUT2D eigenvalue weighted by Gasteiger charge is -2.11. The van der Waals surface area contributed by atoms with Crippen molar-refractivity contribution in [2.24, 2.45) is 5.14 Å². The summed E-state index contributed by atoms with van der Waals surface area (Å²) in [6.07, 6.45) is 1.52. The standard InChI is InChI=1S/C14H15N3O3S/c1-9-5-4-8-16-13(9)14(18)17-11-6-3-7-12(10(11)2)21(15,19)20/h3-8H,1-2H3,(H,17,18)(H2,15,19,20). The maximum Gasteiger partial charge on any atom is 0.274 e. The normalized spacial score (nSPS) is 11.2. The van der Waals surface area contributed by atoms with Crippen molar-refractivity contribution in [1.29, 1.82) is 0 Å². The van der Waals surface area contributed by atoms with Crippen molar-refractivity contribution in [3.63, 3.8) is 0 Å². The van der Waals surface area contributed by atoms with Crippen molar-refractivity contribution in [2.45, 2.75) is 18.7 Å². The number of aryl methyl sites for hydroxylation is 1. The van der Waals surface area contributed by atoms with Gasteiger partial charge in [-0.1, -0.05) is 12.1 Å². The van der Waals surface area contributed by atoms with Crippen LogP contribution in [-0.2, 0) is 10.0 Å². The number of nitrogens with one attached hydrogen (secondary N) is 1. The molecule has 1 amide bonds. The van der Waals surface area contributed by atoms with Crippen LogP contribution in [0, 0.1) is 13.8 Å². The molecule has 0 unspecified atom stereocenters. The van der Waals surface area contributed by atoms with Gasteiger partial charge < -0.3 is 5.32 Å². The van der Waals surface area contributed by atoms with Crippen LogP contribution in [0.25, 0.3) is 0 Å². The van der Waals surface area contributed by atoms with Crippen LogP contribution in [0.3, 0.4) is 0 Å². The number of rotatable bonds is 3. The molecule has 0 atom stereocenters. The minimum atomic E-state index is -3.83. The summed E-state index contributed by atoms with van der Waals surface area (Å²) in [5.74, 6) is -0.400. The Hall–Kier alpha value is -2.25. The number of primary sulfonamides is 1. The molecule has 21 heavy (non-hydrogen) atoms. The van der Waals surface area contributed by atoms with Crippen molar-refractivity contribution in [3.8, 4) is 0 Å². The number of nitrogens with zero attached hydrogens (tertiary/aromatic N) is 1. The average Bonchev–Trinajstić information content (AvgIpc) is 2.40. The molecule has 0 saturated heterocycles. The lowest BCUT2D eigenvalue weighted by molar-refractivity contribution is 0.102. The Bertz CT molecular complexity index is 801. The van der Waals surface area contributed by atoms with Crippen LogP contribution in [0.15, 0.2) is 41.4 Å². The lowest BCUT2D eigenvalue weighted by Crippen LogP contribution is -2.18. The summed E-state index contributed by atoms with van der Waals surface area (Å²) in [6, 6.07) is 8.04. The van der Waals surface area contributed by atoms with Crippen LogP contribution in [0.2, 0.25) is 0 Å². The Morgan fingerprint density at radius 2 is 1.90 bits per heavy atom. The molecule has 1 aromatic heterocycles. The van der Waals surface area contributed by atoms with Gasteiger partial charge in [-0.2, -0.15) is 0 Å². The maximum absolute atomic E-state index is 12.2. The molecule has 3 N–H and O–H groups in total. The molecule has 0 saturated carbocycles. The van der Waals surface area contributed by atoms with Crippen LogP contribution in [-0.4, -0.2) is 19.3 Å². The van der Waals surface area contributed by atoms with Crippen molar-refractivity contribution in [2.75, 3.05) is 5.32 Å². The first-order chi connectivity index (χ1) is 9.80. The molecule has 0 radical (unpaired) electrons. The highest BCUT2D eigenvalue weighted by Gasteiger charge is 2.16. The van der Waals surface area contributed by atoms with E-state index in [4.69, 9.17) is 5.14 Å². The second-order valence-electron chi connectivity index (χ2n) is 4.60. The molecule has 2 rings (SSSR count). The van der Waals surface area contributed by atoms with Crippen molar-refractivity contribution < 1.29 is 13.2 Å². The van der Waals surface area contributed by atoms with E-state index in [2.05, 4.69) is 10.3 Å². The Morgan fingerprint density at radius 1 is 1.19 bits per heavy atom. The van der Waals surface area contributed by atoms with E-state index in [1.165, 1.54) is 18.3 Å². The smallest absolute Gasteiger partial charge is 0.274 e. The predicted molar refractivity (Wildman–Crippen MR) is 79.5 cm³/mol. The van der Waals surface area contributed by atoms with Gasteiger partial charge in [-0.05, 0) is 43.2 Å². The van der Waals surface area contributed by atoms with Crippen molar-refractivity contribution in [1.82, 2.24) is 4.98 Å². The van der Waals surface area contributed by atoms with Gasteiger partial charge in [0.1, 0.15) is 5.69 Å². The zero-order valence-corrected chi connectivity index (χ0v) is 12.4. The van der Waals surface area contributed by atoms with Gasteiger partial charge in [0.15, 0.2) is 0 Å². The summed E-state index contributed by atoms with van der Waals surface area (Å²) >= 11 is 0. The van der Waals surface area contributed by atoms with Gasteiger partial charge in [-0.25, -0.2) is 13.6 Å². The highest BCUT2D eigenvalue weighted by Crippen LogP contribution is 2.22. The van der Waals surface area contributed by atoms with E-state index in [0.717, 1.165) is 5.56 Å². The number of carbonyl (C=O) groups is 1. The van der Waals surface area contributed by atoms with E-state index in [9.17, 15) is 13.2 Å². The number of benzene rings is 1. The Balaban J connectivity index is 2.37. The fourth-order valence-electron chi connectivity index (χ4n) is 1.96. The van der Waals surface area contributed by atoms with Gasteiger partial charge in [-0.3, -0.25) is 9.78 Å². The summed E-state index contributed by atoms with van der Waals surface area (Å²) in [5, 5.41) is 7.80. The molecular formula is C14H15N3O3S. The van der Waals surface area contributed by atoms with E-state index in [0.29, 0.717) is 11.3 Å². The first-order valence-corrected chi connectivity index (χ1v) is 7.70. The number of hydrogen-bond acceptors (Lipinski definition) is 4. The highest BCUT2D eigenvalue weighted by molar-refractivity contribution is 7.89. The van der Waals surface area contributed by atoms with Crippen LogP contribution >= 0.6 is 0 Å². The van der Waals surface area contributed by atoms with Gasteiger partial charge in [0.05, 0.1) is 4.90 Å². The summed E-state index contributed by atoms with van der Waals surface area (Å²) in [7, 11) is -3.83. The first-order valence-electron chi connectivity index (χ1n) is 6.16. The number of hydrogen-bond donors (Lipinski definition) is 2. The molecule has 0 aliphatic rings. The Morgan fingerprint density at radius 3 is 2.52 bits per heavy atom. The SMILES string of the molecule is Cc1cccnc1C(=O)Nc1cccc(S(N)(=O)=O)c1C. The fraction of sp³-hybridized carbons (Fsp3) is 0.143. The molecule has 0 spiro atoms. The fourth-order valence-corrected chi connectivity index (χ4v) is 2.77. The molecule has 7 heteroatoms.